The summed E-state index contributed by atoms with van der Waals surface area (Å²) in [7, 11) is -3.26. The molecule has 23 heavy (non-hydrogen) atoms. The molecule has 0 aliphatic carbocycles. The van der Waals surface area contributed by atoms with Crippen LogP contribution in [0.1, 0.15) is 37.7 Å². The molecular formula is C18H22O4S. The smallest absolute Gasteiger partial charge is 0.303 e. The van der Waals surface area contributed by atoms with E-state index in [1.54, 1.807) is 6.07 Å². The van der Waals surface area contributed by atoms with Crippen LogP contribution in [-0.4, -0.2) is 25.7 Å². The first-order chi connectivity index (χ1) is 10.9. The SMILES string of the molecule is CS(=O)(=O)c1ccc2ccccc2c1CCCCCCC(=O)O. The lowest BCUT2D eigenvalue weighted by Crippen LogP contribution is -2.03. The molecule has 0 spiro atoms. The number of benzene rings is 2. The van der Waals surface area contributed by atoms with Crippen molar-refractivity contribution >= 4 is 26.6 Å². The standard InChI is InChI=1S/C18H22O4S/c1-23(21,22)17-13-12-14-8-6-7-9-15(14)16(17)10-4-2-3-5-11-18(19)20/h6-9,12-13H,2-5,10-11H2,1H3,(H,19,20). The van der Waals surface area contributed by atoms with Crippen molar-refractivity contribution in [1.82, 2.24) is 0 Å². The molecule has 0 saturated heterocycles. The van der Waals surface area contributed by atoms with Crippen LogP contribution in [0, 0.1) is 0 Å². The van der Waals surface area contributed by atoms with Gasteiger partial charge in [-0.25, -0.2) is 8.42 Å². The molecule has 5 heteroatoms. The lowest BCUT2D eigenvalue weighted by Gasteiger charge is -2.12. The molecule has 0 aliphatic rings. The summed E-state index contributed by atoms with van der Waals surface area (Å²) in [5.41, 5.74) is 0.879. The predicted molar refractivity (Wildman–Crippen MR) is 91.5 cm³/mol. The molecule has 0 saturated carbocycles. The highest BCUT2D eigenvalue weighted by Crippen LogP contribution is 2.27. The Morgan fingerprint density at radius 3 is 2.39 bits per heavy atom. The van der Waals surface area contributed by atoms with Gasteiger partial charge in [-0.3, -0.25) is 4.79 Å². The van der Waals surface area contributed by atoms with Crippen molar-refractivity contribution in [3.05, 3.63) is 42.0 Å². The van der Waals surface area contributed by atoms with Crippen molar-refractivity contribution in [2.45, 2.75) is 43.4 Å². The molecule has 4 nitrogen and oxygen atoms in total. The maximum atomic E-state index is 12.0. The summed E-state index contributed by atoms with van der Waals surface area (Å²) >= 11 is 0. The number of fused-ring (bicyclic) bond motifs is 1. The zero-order valence-corrected chi connectivity index (χ0v) is 14.1. The number of sulfone groups is 1. The molecule has 2 aromatic rings. The van der Waals surface area contributed by atoms with E-state index in [4.69, 9.17) is 5.11 Å². The van der Waals surface area contributed by atoms with Crippen molar-refractivity contribution in [1.29, 1.82) is 0 Å². The number of rotatable bonds is 8. The fraction of sp³-hybridized carbons (Fsp3) is 0.389. The first-order valence-electron chi connectivity index (χ1n) is 7.82. The fourth-order valence-corrected chi connectivity index (χ4v) is 3.83. The van der Waals surface area contributed by atoms with E-state index in [2.05, 4.69) is 0 Å². The van der Waals surface area contributed by atoms with E-state index in [1.165, 1.54) is 6.26 Å². The van der Waals surface area contributed by atoms with Crippen LogP contribution in [0.3, 0.4) is 0 Å². The second-order valence-corrected chi connectivity index (χ2v) is 7.83. The van der Waals surface area contributed by atoms with E-state index in [9.17, 15) is 13.2 Å². The normalized spacial score (nSPS) is 11.7. The Hall–Kier alpha value is -1.88. The minimum absolute atomic E-state index is 0.197. The summed E-state index contributed by atoms with van der Waals surface area (Å²) in [6.07, 6.45) is 5.41. The van der Waals surface area contributed by atoms with Gasteiger partial charge >= 0.3 is 5.97 Å². The van der Waals surface area contributed by atoms with E-state index in [1.807, 2.05) is 30.3 Å². The number of carbonyl (C=O) groups is 1. The number of hydrogen-bond acceptors (Lipinski definition) is 3. The van der Waals surface area contributed by atoms with Gasteiger partial charge in [0.1, 0.15) is 0 Å². The molecule has 0 heterocycles. The molecule has 0 amide bonds. The van der Waals surface area contributed by atoms with E-state index in [0.717, 1.165) is 35.6 Å². The minimum atomic E-state index is -3.26. The van der Waals surface area contributed by atoms with Crippen LogP contribution in [-0.2, 0) is 21.1 Å². The minimum Gasteiger partial charge on any atom is -0.481 e. The van der Waals surface area contributed by atoms with Crippen LogP contribution >= 0.6 is 0 Å². The summed E-state index contributed by atoms with van der Waals surface area (Å²) < 4.78 is 24.1. The van der Waals surface area contributed by atoms with Gasteiger partial charge in [0.15, 0.2) is 9.84 Å². The Labute approximate surface area is 137 Å². The van der Waals surface area contributed by atoms with Crippen molar-refractivity contribution < 1.29 is 18.3 Å². The van der Waals surface area contributed by atoms with Gasteiger partial charge in [0.25, 0.3) is 0 Å². The van der Waals surface area contributed by atoms with Gasteiger partial charge in [-0.15, -0.1) is 0 Å². The highest BCUT2D eigenvalue weighted by atomic mass is 32.2. The molecule has 0 atom stereocenters. The Morgan fingerprint density at radius 2 is 1.70 bits per heavy atom. The second kappa shape index (κ2) is 7.59. The molecule has 0 fully saturated rings. The van der Waals surface area contributed by atoms with Crippen LogP contribution in [0.15, 0.2) is 41.3 Å². The Kier molecular flexibility index (Phi) is 5.77. The van der Waals surface area contributed by atoms with Crippen LogP contribution in [0.25, 0.3) is 10.8 Å². The molecule has 2 rings (SSSR count). The van der Waals surface area contributed by atoms with Gasteiger partial charge in [0.2, 0.25) is 0 Å². The first kappa shape index (κ1) is 17.5. The Bertz CT molecular complexity index is 794. The van der Waals surface area contributed by atoms with Gasteiger partial charge in [-0.2, -0.15) is 0 Å². The molecule has 0 radical (unpaired) electrons. The van der Waals surface area contributed by atoms with Crippen molar-refractivity contribution in [3.63, 3.8) is 0 Å². The van der Waals surface area contributed by atoms with E-state index in [-0.39, 0.29) is 6.42 Å². The predicted octanol–water partition coefficient (Wildman–Crippen LogP) is 3.82. The topological polar surface area (TPSA) is 71.4 Å². The maximum absolute atomic E-state index is 12.0. The summed E-state index contributed by atoms with van der Waals surface area (Å²) in [5, 5.41) is 10.7. The summed E-state index contributed by atoms with van der Waals surface area (Å²) in [5.74, 6) is -0.765. The molecule has 2 aromatic carbocycles. The summed E-state index contributed by atoms with van der Waals surface area (Å²) in [4.78, 5) is 10.9. The number of carboxylic acid groups (broad SMARTS) is 1. The van der Waals surface area contributed by atoms with Crippen LogP contribution in [0.2, 0.25) is 0 Å². The first-order valence-corrected chi connectivity index (χ1v) is 9.71. The lowest BCUT2D eigenvalue weighted by atomic mass is 9.99. The van der Waals surface area contributed by atoms with Gasteiger partial charge in [-0.1, -0.05) is 43.2 Å². The fourth-order valence-electron chi connectivity index (χ4n) is 2.85. The Balaban J connectivity index is 2.15. The van der Waals surface area contributed by atoms with Gasteiger partial charge in [0, 0.05) is 12.7 Å². The number of carboxylic acids is 1. The van der Waals surface area contributed by atoms with Crippen molar-refractivity contribution in [3.8, 4) is 0 Å². The van der Waals surface area contributed by atoms with Gasteiger partial charge < -0.3 is 5.11 Å². The van der Waals surface area contributed by atoms with Crippen molar-refractivity contribution in [2.75, 3.05) is 6.26 Å². The summed E-state index contributed by atoms with van der Waals surface area (Å²) in [6.45, 7) is 0. The quantitative estimate of drug-likeness (QED) is 0.745. The molecule has 1 N–H and O–H groups in total. The summed E-state index contributed by atoms with van der Waals surface area (Å²) in [6, 6.07) is 11.4. The lowest BCUT2D eigenvalue weighted by molar-refractivity contribution is -0.137. The van der Waals surface area contributed by atoms with Crippen LogP contribution in [0.4, 0.5) is 0 Å². The third kappa shape index (κ3) is 4.79. The molecule has 0 aromatic heterocycles. The van der Waals surface area contributed by atoms with Crippen LogP contribution < -0.4 is 0 Å². The number of hydrogen-bond donors (Lipinski definition) is 1. The largest absolute Gasteiger partial charge is 0.481 e. The van der Waals surface area contributed by atoms with Gasteiger partial charge in [0.05, 0.1) is 4.90 Å². The Morgan fingerprint density at radius 1 is 1.00 bits per heavy atom. The molecule has 0 aliphatic heterocycles. The molecule has 124 valence electrons. The number of aryl methyl sites for hydroxylation is 1. The highest BCUT2D eigenvalue weighted by molar-refractivity contribution is 7.90. The highest BCUT2D eigenvalue weighted by Gasteiger charge is 2.15. The number of unbranched alkanes of at least 4 members (excludes halogenated alkanes) is 3. The second-order valence-electron chi connectivity index (χ2n) is 5.84. The monoisotopic (exact) mass is 334 g/mol. The molecule has 0 bridgehead atoms. The molecular weight excluding hydrogens is 312 g/mol. The average molecular weight is 334 g/mol. The van der Waals surface area contributed by atoms with E-state index in [0.29, 0.717) is 17.7 Å². The van der Waals surface area contributed by atoms with Crippen LogP contribution in [0.5, 0.6) is 0 Å². The van der Waals surface area contributed by atoms with E-state index >= 15 is 0 Å². The molecule has 0 unspecified atom stereocenters. The van der Waals surface area contributed by atoms with E-state index < -0.39 is 15.8 Å². The zero-order valence-electron chi connectivity index (χ0n) is 13.3. The third-order valence-corrected chi connectivity index (χ3v) is 5.15. The average Bonchev–Trinajstić information content (AvgIpc) is 2.49. The van der Waals surface area contributed by atoms with Gasteiger partial charge in [-0.05, 0) is 41.7 Å². The third-order valence-electron chi connectivity index (χ3n) is 3.96. The maximum Gasteiger partial charge on any atom is 0.303 e. The zero-order chi connectivity index (χ0) is 16.9. The van der Waals surface area contributed by atoms with Crippen molar-refractivity contribution in [2.24, 2.45) is 0 Å². The number of aliphatic carboxylic acids is 1.